The van der Waals surface area contributed by atoms with Gasteiger partial charge in [-0.05, 0) is 47.0 Å². The van der Waals surface area contributed by atoms with E-state index >= 15 is 0 Å². The van der Waals surface area contributed by atoms with Crippen LogP contribution in [0.1, 0.15) is 36.0 Å². The lowest BCUT2D eigenvalue weighted by atomic mass is 10.1. The van der Waals surface area contributed by atoms with E-state index in [9.17, 15) is 4.79 Å². The maximum absolute atomic E-state index is 12.7. The van der Waals surface area contributed by atoms with E-state index in [0.29, 0.717) is 26.6 Å². The second-order valence-electron chi connectivity index (χ2n) is 4.96. The number of benzene rings is 1. The largest absolute Gasteiger partial charge is 0.392 e. The number of amides is 1. The van der Waals surface area contributed by atoms with Gasteiger partial charge in [-0.1, -0.05) is 36.7 Å². The van der Waals surface area contributed by atoms with Crippen molar-refractivity contribution >= 4 is 50.6 Å². The Labute approximate surface area is 137 Å². The highest BCUT2D eigenvalue weighted by Crippen LogP contribution is 2.28. The second kappa shape index (κ2) is 6.87. The van der Waals surface area contributed by atoms with Gasteiger partial charge in [-0.3, -0.25) is 4.79 Å². The SMILES string of the molecule is NC(=S)CN(C(=O)c1ccc(Cl)cc1Br)C1CCCC1. The van der Waals surface area contributed by atoms with Crippen molar-refractivity contribution in [3.8, 4) is 0 Å². The minimum atomic E-state index is -0.0479. The van der Waals surface area contributed by atoms with E-state index in [4.69, 9.17) is 29.6 Å². The van der Waals surface area contributed by atoms with Crippen molar-refractivity contribution in [2.45, 2.75) is 31.7 Å². The molecule has 1 fully saturated rings. The smallest absolute Gasteiger partial charge is 0.255 e. The van der Waals surface area contributed by atoms with Gasteiger partial charge in [0, 0.05) is 15.5 Å². The number of hydrogen-bond donors (Lipinski definition) is 1. The third kappa shape index (κ3) is 3.71. The Bertz CT molecular complexity index is 532. The van der Waals surface area contributed by atoms with Crippen molar-refractivity contribution in [2.75, 3.05) is 6.54 Å². The summed E-state index contributed by atoms with van der Waals surface area (Å²) < 4.78 is 0.695. The van der Waals surface area contributed by atoms with Gasteiger partial charge in [0.15, 0.2) is 0 Å². The number of hydrogen-bond acceptors (Lipinski definition) is 2. The van der Waals surface area contributed by atoms with Crippen LogP contribution in [0.15, 0.2) is 22.7 Å². The fourth-order valence-corrected chi connectivity index (χ4v) is 3.56. The summed E-state index contributed by atoms with van der Waals surface area (Å²) in [6, 6.07) is 5.40. The maximum atomic E-state index is 12.7. The number of carbonyl (C=O) groups is 1. The van der Waals surface area contributed by atoms with Gasteiger partial charge in [0.05, 0.1) is 17.1 Å². The fraction of sp³-hybridized carbons (Fsp3) is 0.429. The molecule has 3 nitrogen and oxygen atoms in total. The van der Waals surface area contributed by atoms with Gasteiger partial charge in [-0.25, -0.2) is 0 Å². The monoisotopic (exact) mass is 374 g/mol. The molecule has 0 radical (unpaired) electrons. The maximum Gasteiger partial charge on any atom is 0.255 e. The Hall–Kier alpha value is -0.650. The molecule has 6 heteroatoms. The van der Waals surface area contributed by atoms with Crippen LogP contribution in [0.4, 0.5) is 0 Å². The zero-order chi connectivity index (χ0) is 14.7. The quantitative estimate of drug-likeness (QED) is 0.815. The first-order chi connectivity index (χ1) is 9.49. The minimum absolute atomic E-state index is 0.0479. The summed E-state index contributed by atoms with van der Waals surface area (Å²) in [7, 11) is 0. The standard InChI is InChI=1S/C14H16BrClN2OS/c15-12-7-9(16)5-6-11(12)14(19)18(8-13(17)20)10-3-1-2-4-10/h5-7,10H,1-4,8H2,(H2,17,20). The van der Waals surface area contributed by atoms with Gasteiger partial charge >= 0.3 is 0 Å². The summed E-state index contributed by atoms with van der Waals surface area (Å²) in [5, 5.41) is 0.593. The molecular formula is C14H16BrClN2OS. The van der Waals surface area contributed by atoms with E-state index in [1.54, 1.807) is 23.1 Å². The second-order valence-corrected chi connectivity index (χ2v) is 6.78. The summed E-state index contributed by atoms with van der Waals surface area (Å²) in [5.41, 5.74) is 6.24. The summed E-state index contributed by atoms with van der Waals surface area (Å²) in [4.78, 5) is 14.9. The first kappa shape index (κ1) is 15.7. The first-order valence-electron chi connectivity index (χ1n) is 6.53. The van der Waals surface area contributed by atoms with E-state index in [1.807, 2.05) is 0 Å². The van der Waals surface area contributed by atoms with Crippen molar-refractivity contribution in [3.05, 3.63) is 33.3 Å². The van der Waals surface area contributed by atoms with Gasteiger partial charge in [0.2, 0.25) is 0 Å². The van der Waals surface area contributed by atoms with Crippen molar-refractivity contribution in [1.29, 1.82) is 0 Å². The number of thiocarbonyl (C=S) groups is 1. The number of nitrogens with two attached hydrogens (primary N) is 1. The topological polar surface area (TPSA) is 46.3 Å². The van der Waals surface area contributed by atoms with E-state index in [0.717, 1.165) is 25.7 Å². The van der Waals surface area contributed by atoms with Crippen LogP contribution in [0.3, 0.4) is 0 Å². The summed E-state index contributed by atoms with van der Waals surface area (Å²) in [6.07, 6.45) is 4.32. The third-order valence-electron chi connectivity index (χ3n) is 3.51. The van der Waals surface area contributed by atoms with Gasteiger partial charge in [-0.2, -0.15) is 0 Å². The molecule has 1 aromatic rings. The predicted molar refractivity (Wildman–Crippen MR) is 89.2 cm³/mol. The molecule has 1 saturated carbocycles. The van der Waals surface area contributed by atoms with Crippen LogP contribution in [-0.4, -0.2) is 28.4 Å². The minimum Gasteiger partial charge on any atom is -0.392 e. The lowest BCUT2D eigenvalue weighted by Crippen LogP contribution is -2.43. The van der Waals surface area contributed by atoms with Crippen LogP contribution < -0.4 is 5.73 Å². The fourth-order valence-electron chi connectivity index (χ4n) is 2.57. The molecule has 2 rings (SSSR count). The van der Waals surface area contributed by atoms with Gasteiger partial charge in [0.1, 0.15) is 0 Å². The van der Waals surface area contributed by atoms with Crippen LogP contribution in [0.25, 0.3) is 0 Å². The Kier molecular flexibility index (Phi) is 5.41. The lowest BCUT2D eigenvalue weighted by molar-refractivity contribution is 0.0714. The molecule has 1 aliphatic carbocycles. The van der Waals surface area contributed by atoms with E-state index < -0.39 is 0 Å². The number of halogens is 2. The number of nitrogens with zero attached hydrogens (tertiary/aromatic N) is 1. The molecule has 0 bridgehead atoms. The third-order valence-corrected chi connectivity index (χ3v) is 4.53. The molecule has 0 saturated heterocycles. The molecule has 2 N–H and O–H groups in total. The van der Waals surface area contributed by atoms with Crippen LogP contribution in [0, 0.1) is 0 Å². The molecule has 1 aliphatic rings. The van der Waals surface area contributed by atoms with Crippen molar-refractivity contribution in [3.63, 3.8) is 0 Å². The van der Waals surface area contributed by atoms with E-state index in [1.165, 1.54) is 0 Å². The molecule has 1 amide bonds. The first-order valence-corrected chi connectivity index (χ1v) is 8.11. The molecule has 0 atom stereocenters. The highest BCUT2D eigenvalue weighted by Gasteiger charge is 2.28. The van der Waals surface area contributed by atoms with Gasteiger partial charge < -0.3 is 10.6 Å². The molecule has 0 unspecified atom stereocenters. The lowest BCUT2D eigenvalue weighted by Gasteiger charge is -2.29. The zero-order valence-electron chi connectivity index (χ0n) is 10.9. The molecular weight excluding hydrogens is 360 g/mol. The Balaban J connectivity index is 2.27. The van der Waals surface area contributed by atoms with Crippen molar-refractivity contribution < 1.29 is 4.79 Å². The number of carbonyl (C=O) groups excluding carboxylic acids is 1. The Morgan fingerprint density at radius 1 is 1.45 bits per heavy atom. The van der Waals surface area contributed by atoms with E-state index in [-0.39, 0.29) is 11.9 Å². The Morgan fingerprint density at radius 3 is 2.65 bits per heavy atom. The predicted octanol–water partition coefficient (Wildman–Crippen LogP) is 3.77. The van der Waals surface area contributed by atoms with Crippen LogP contribution in [-0.2, 0) is 0 Å². The highest BCUT2D eigenvalue weighted by atomic mass is 79.9. The van der Waals surface area contributed by atoms with Crippen molar-refractivity contribution in [2.24, 2.45) is 5.73 Å². The summed E-state index contributed by atoms with van der Waals surface area (Å²) in [6.45, 7) is 0.327. The molecule has 0 spiro atoms. The average Bonchev–Trinajstić information content (AvgIpc) is 2.88. The Morgan fingerprint density at radius 2 is 2.10 bits per heavy atom. The summed E-state index contributed by atoms with van der Waals surface area (Å²) >= 11 is 14.3. The molecule has 1 aromatic carbocycles. The highest BCUT2D eigenvalue weighted by molar-refractivity contribution is 9.10. The molecule has 108 valence electrons. The molecule has 0 heterocycles. The zero-order valence-corrected chi connectivity index (χ0v) is 14.1. The molecule has 20 heavy (non-hydrogen) atoms. The number of rotatable bonds is 4. The normalized spacial score (nSPS) is 15.3. The van der Waals surface area contributed by atoms with E-state index in [2.05, 4.69) is 15.9 Å². The van der Waals surface area contributed by atoms with Crippen molar-refractivity contribution in [1.82, 2.24) is 4.90 Å². The van der Waals surface area contributed by atoms with Crippen LogP contribution >= 0.6 is 39.7 Å². The van der Waals surface area contributed by atoms with Gasteiger partial charge in [0.25, 0.3) is 5.91 Å². The molecule has 0 aliphatic heterocycles. The van der Waals surface area contributed by atoms with Crippen LogP contribution in [0.5, 0.6) is 0 Å². The molecule has 0 aromatic heterocycles. The summed E-state index contributed by atoms with van der Waals surface area (Å²) in [5.74, 6) is -0.0479. The average molecular weight is 376 g/mol. The van der Waals surface area contributed by atoms with Crippen LogP contribution in [0.2, 0.25) is 5.02 Å². The van der Waals surface area contributed by atoms with Gasteiger partial charge in [-0.15, -0.1) is 0 Å².